The number of carbonyl (C=O) groups is 2. The maximum Gasteiger partial charge on any atom is 0.416 e. The maximum atomic E-state index is 14.2. The molecule has 45 heavy (non-hydrogen) atoms. The fourth-order valence-corrected chi connectivity index (χ4v) is 6.26. The van der Waals surface area contributed by atoms with E-state index in [1.165, 1.54) is 17.0 Å². The van der Waals surface area contributed by atoms with Crippen molar-refractivity contribution in [3.05, 3.63) is 89.5 Å². The summed E-state index contributed by atoms with van der Waals surface area (Å²) in [5.41, 5.74) is 2.14. The molecule has 0 unspecified atom stereocenters. The van der Waals surface area contributed by atoms with Crippen molar-refractivity contribution in [1.82, 2.24) is 15.1 Å². The SMILES string of the molecule is O=C1NC[C@H]2O[C@H](CCOc3cc(-c4ccccc4)ccc3C(=O)N3CCN(Cc4ccc(C(F)(F)F)cc4)C[C@@H]13)CC[C@@H]2O. The lowest BCUT2D eigenvalue weighted by atomic mass is 9.98. The summed E-state index contributed by atoms with van der Waals surface area (Å²) < 4.78 is 51.6. The highest BCUT2D eigenvalue weighted by Gasteiger charge is 2.38. The van der Waals surface area contributed by atoms with Crippen molar-refractivity contribution < 1.29 is 37.3 Å². The minimum Gasteiger partial charge on any atom is -0.493 e. The summed E-state index contributed by atoms with van der Waals surface area (Å²) in [4.78, 5) is 31.4. The molecule has 0 aliphatic carbocycles. The van der Waals surface area contributed by atoms with E-state index in [0.29, 0.717) is 55.8 Å². The van der Waals surface area contributed by atoms with Crippen LogP contribution in [0.1, 0.15) is 40.7 Å². The highest BCUT2D eigenvalue weighted by molar-refractivity contribution is 6.00. The Morgan fingerprint density at radius 2 is 1.69 bits per heavy atom. The molecule has 2 N–H and O–H groups in total. The number of benzene rings is 3. The molecule has 0 aromatic heterocycles. The van der Waals surface area contributed by atoms with Gasteiger partial charge >= 0.3 is 6.18 Å². The van der Waals surface area contributed by atoms with Crippen LogP contribution >= 0.6 is 0 Å². The molecule has 0 saturated carbocycles. The number of nitrogens with one attached hydrogen (secondary N) is 1. The minimum atomic E-state index is -4.42. The van der Waals surface area contributed by atoms with E-state index in [1.54, 1.807) is 6.07 Å². The number of hydrogen-bond donors (Lipinski definition) is 2. The number of aliphatic hydroxyl groups is 1. The average Bonchev–Trinajstić information content (AvgIpc) is 3.04. The number of alkyl halides is 3. The first-order valence-corrected chi connectivity index (χ1v) is 15.3. The molecule has 0 radical (unpaired) electrons. The van der Waals surface area contributed by atoms with Gasteiger partial charge in [-0.25, -0.2) is 0 Å². The zero-order valence-electron chi connectivity index (χ0n) is 24.7. The lowest BCUT2D eigenvalue weighted by molar-refractivity contribution is -0.137. The third-order valence-corrected chi connectivity index (χ3v) is 8.79. The number of nitrogens with zero attached hydrogens (tertiary/aromatic N) is 2. The third-order valence-electron chi connectivity index (χ3n) is 8.79. The van der Waals surface area contributed by atoms with Crippen molar-refractivity contribution in [2.45, 2.75) is 56.3 Å². The lowest BCUT2D eigenvalue weighted by Crippen LogP contribution is -2.61. The van der Waals surface area contributed by atoms with E-state index in [0.717, 1.165) is 23.3 Å². The van der Waals surface area contributed by atoms with Crippen LogP contribution in [0, 0.1) is 0 Å². The highest BCUT2D eigenvalue weighted by Crippen LogP contribution is 2.32. The fraction of sp³-hybridized carbons (Fsp3) is 0.412. The van der Waals surface area contributed by atoms with Gasteiger partial charge in [0.15, 0.2) is 0 Å². The normalized spacial score (nSPS) is 24.9. The van der Waals surface area contributed by atoms with E-state index in [4.69, 9.17) is 9.47 Å². The standard InChI is InChI=1S/C34H36F3N3O5/c35-34(36,37)25-9-6-22(7-10-25)20-39-15-16-40-28(21-39)32(42)38-19-31-29(41)13-11-26(45-31)14-17-44-30-18-24(8-12-27(30)33(40)43)23-4-2-1-3-5-23/h1-10,12,18,26,28-29,31,41H,11,13-17,19-21H2,(H,38,42)/t26-,28-,29-,31+/m0/s1. The molecule has 8 nitrogen and oxygen atoms in total. The number of aliphatic hydroxyl groups excluding tert-OH is 1. The Labute approximate surface area is 259 Å². The Balaban J connectivity index is 1.29. The van der Waals surface area contributed by atoms with Crippen molar-refractivity contribution >= 4 is 11.8 Å². The Morgan fingerprint density at radius 1 is 0.911 bits per heavy atom. The first kappa shape index (κ1) is 31.1. The van der Waals surface area contributed by atoms with Crippen LogP contribution in [0.15, 0.2) is 72.8 Å². The summed E-state index contributed by atoms with van der Waals surface area (Å²) in [6.45, 7) is 1.53. The van der Waals surface area contributed by atoms with E-state index in [-0.39, 0.29) is 37.6 Å². The molecule has 3 aliphatic rings. The van der Waals surface area contributed by atoms with Gasteiger partial charge in [-0.3, -0.25) is 14.5 Å². The number of halogens is 3. The molecule has 3 aromatic rings. The number of ether oxygens (including phenoxy) is 2. The first-order valence-electron chi connectivity index (χ1n) is 15.3. The van der Waals surface area contributed by atoms with Gasteiger partial charge in [0, 0.05) is 39.1 Å². The van der Waals surface area contributed by atoms with Gasteiger partial charge in [-0.15, -0.1) is 0 Å². The molecule has 2 amide bonds. The second-order valence-electron chi connectivity index (χ2n) is 11.8. The molecule has 238 valence electrons. The maximum absolute atomic E-state index is 14.2. The summed E-state index contributed by atoms with van der Waals surface area (Å²) in [5.74, 6) is -0.316. The van der Waals surface area contributed by atoms with Gasteiger partial charge in [-0.1, -0.05) is 48.5 Å². The van der Waals surface area contributed by atoms with E-state index >= 15 is 0 Å². The molecule has 6 rings (SSSR count). The predicted octanol–water partition coefficient (Wildman–Crippen LogP) is 4.51. The summed E-state index contributed by atoms with van der Waals surface area (Å²) in [6.07, 6.45) is -4.17. The smallest absolute Gasteiger partial charge is 0.416 e. The predicted molar refractivity (Wildman–Crippen MR) is 160 cm³/mol. The van der Waals surface area contributed by atoms with Crippen LogP contribution in [0.2, 0.25) is 0 Å². The second-order valence-corrected chi connectivity index (χ2v) is 11.8. The molecule has 2 saturated heterocycles. The fourth-order valence-electron chi connectivity index (χ4n) is 6.26. The molecule has 11 heteroatoms. The van der Waals surface area contributed by atoms with Gasteiger partial charge in [0.2, 0.25) is 5.91 Å². The largest absolute Gasteiger partial charge is 0.493 e. The van der Waals surface area contributed by atoms with E-state index in [2.05, 4.69) is 5.32 Å². The van der Waals surface area contributed by atoms with E-state index < -0.39 is 30.0 Å². The van der Waals surface area contributed by atoms with Gasteiger partial charge in [-0.2, -0.15) is 13.2 Å². The van der Waals surface area contributed by atoms with Crippen molar-refractivity contribution in [3.8, 4) is 16.9 Å². The summed E-state index contributed by atoms with van der Waals surface area (Å²) >= 11 is 0. The molecular weight excluding hydrogens is 587 g/mol. The zero-order chi connectivity index (χ0) is 31.6. The molecule has 3 aliphatic heterocycles. The van der Waals surface area contributed by atoms with Crippen LogP contribution in [0.3, 0.4) is 0 Å². The summed E-state index contributed by atoms with van der Waals surface area (Å²) in [5, 5.41) is 13.5. The molecule has 0 spiro atoms. The molecule has 4 atom stereocenters. The van der Waals surface area contributed by atoms with Crippen molar-refractivity contribution in [3.63, 3.8) is 0 Å². The van der Waals surface area contributed by atoms with Crippen LogP contribution in [0.5, 0.6) is 5.75 Å². The number of amides is 2. The number of piperazine rings is 1. The second kappa shape index (κ2) is 13.2. The number of carbonyl (C=O) groups excluding carboxylic acids is 2. The zero-order valence-corrected chi connectivity index (χ0v) is 24.7. The quantitative estimate of drug-likeness (QED) is 0.447. The lowest BCUT2D eigenvalue weighted by Gasteiger charge is -2.41. The van der Waals surface area contributed by atoms with Crippen LogP contribution in [-0.2, 0) is 22.3 Å². The topological polar surface area (TPSA) is 91.3 Å². The average molecular weight is 624 g/mol. The van der Waals surface area contributed by atoms with Gasteiger partial charge < -0.3 is 24.8 Å². The Bertz CT molecular complexity index is 1500. The third kappa shape index (κ3) is 7.16. The van der Waals surface area contributed by atoms with Crippen LogP contribution < -0.4 is 10.1 Å². The highest BCUT2D eigenvalue weighted by atomic mass is 19.4. The molecule has 3 heterocycles. The van der Waals surface area contributed by atoms with Crippen molar-refractivity contribution in [2.24, 2.45) is 0 Å². The van der Waals surface area contributed by atoms with E-state index in [1.807, 2.05) is 47.4 Å². The Hall–Kier alpha value is -3.93. The van der Waals surface area contributed by atoms with Crippen LogP contribution in [0.25, 0.3) is 11.1 Å². The van der Waals surface area contributed by atoms with Crippen LogP contribution in [0.4, 0.5) is 13.2 Å². The van der Waals surface area contributed by atoms with Crippen molar-refractivity contribution in [1.29, 1.82) is 0 Å². The van der Waals surface area contributed by atoms with Gasteiger partial charge in [0.25, 0.3) is 5.91 Å². The Kier molecular flexibility index (Phi) is 9.11. The molecular formula is C34H36F3N3O5. The van der Waals surface area contributed by atoms with Gasteiger partial charge in [0.1, 0.15) is 17.9 Å². The van der Waals surface area contributed by atoms with E-state index in [9.17, 15) is 27.9 Å². The van der Waals surface area contributed by atoms with Crippen LogP contribution in [-0.4, -0.2) is 83.9 Å². The van der Waals surface area contributed by atoms with Gasteiger partial charge in [-0.05, 0) is 53.8 Å². The van der Waals surface area contributed by atoms with Gasteiger partial charge in [0.05, 0.1) is 29.9 Å². The number of fused-ring (bicyclic) bond motifs is 4. The Morgan fingerprint density at radius 3 is 2.44 bits per heavy atom. The first-order chi connectivity index (χ1) is 21.7. The summed E-state index contributed by atoms with van der Waals surface area (Å²) in [6, 6.07) is 19.3. The number of rotatable bonds is 3. The molecule has 2 bridgehead atoms. The monoisotopic (exact) mass is 623 g/mol. The molecule has 3 aromatic carbocycles. The minimum absolute atomic E-state index is 0.0891. The molecule has 2 fully saturated rings. The van der Waals surface area contributed by atoms with Crippen molar-refractivity contribution in [2.75, 3.05) is 32.8 Å². The summed E-state index contributed by atoms with van der Waals surface area (Å²) in [7, 11) is 0. The number of hydrogen-bond acceptors (Lipinski definition) is 6.